The largest absolute Gasteiger partial charge is 0.466 e. The van der Waals surface area contributed by atoms with Crippen LogP contribution in [0.2, 0.25) is 0 Å². The van der Waals surface area contributed by atoms with Crippen molar-refractivity contribution in [1.29, 1.82) is 0 Å². The molecule has 0 aromatic heterocycles. The summed E-state index contributed by atoms with van der Waals surface area (Å²) >= 11 is 0. The predicted octanol–water partition coefficient (Wildman–Crippen LogP) is -0.482. The smallest absolute Gasteiger partial charge is 0.329 e. The minimum absolute atomic E-state index is 0. The van der Waals surface area contributed by atoms with E-state index in [-0.39, 0.29) is 25.0 Å². The molecule has 0 radical (unpaired) electrons. The van der Waals surface area contributed by atoms with Gasteiger partial charge in [-0.1, -0.05) is 6.58 Å². The molecule has 0 heterocycles. The van der Waals surface area contributed by atoms with Crippen molar-refractivity contribution in [2.24, 2.45) is 0 Å². The molecule has 0 aromatic carbocycles. The number of hydrogen-bond acceptors (Lipinski definition) is 2. The van der Waals surface area contributed by atoms with Gasteiger partial charge in [-0.05, 0) is 0 Å². The molecule has 0 atom stereocenters. The topological polar surface area (TPSA) is 57.8 Å². The van der Waals surface area contributed by atoms with E-state index in [0.717, 1.165) is 6.08 Å². The van der Waals surface area contributed by atoms with Gasteiger partial charge in [-0.3, -0.25) is 0 Å². The fraction of sp³-hybridized carbons (Fsp3) is 0.250. The van der Waals surface area contributed by atoms with E-state index in [0.29, 0.717) is 0 Å². The van der Waals surface area contributed by atoms with E-state index in [2.05, 4.69) is 11.3 Å². The summed E-state index contributed by atoms with van der Waals surface area (Å²) in [5.74, 6) is -0.394. The first-order valence-corrected chi connectivity index (χ1v) is 1.51. The summed E-state index contributed by atoms with van der Waals surface area (Å²) in [7, 11) is 1.31. The Morgan fingerprint density at radius 2 is 2.12 bits per heavy atom. The molecule has 8 heavy (non-hydrogen) atoms. The zero-order chi connectivity index (χ0) is 4.99. The van der Waals surface area contributed by atoms with Gasteiger partial charge in [0.15, 0.2) is 0 Å². The summed E-state index contributed by atoms with van der Waals surface area (Å²) in [4.78, 5) is 9.84. The van der Waals surface area contributed by atoms with E-state index in [4.69, 9.17) is 0 Å². The Bertz CT molecular complexity index is 71.7. The Hall–Kier alpha value is -0.207. The van der Waals surface area contributed by atoms with Gasteiger partial charge in [-0.2, -0.15) is 0 Å². The van der Waals surface area contributed by atoms with Gasteiger partial charge in [0.25, 0.3) is 0 Å². The van der Waals surface area contributed by atoms with Crippen LogP contribution in [-0.2, 0) is 29.0 Å². The van der Waals surface area contributed by atoms with Gasteiger partial charge < -0.3 is 10.2 Å². The third-order valence-corrected chi connectivity index (χ3v) is 0.368. The molecule has 0 rings (SSSR count). The Morgan fingerprint density at radius 3 is 2.12 bits per heavy atom. The average molecular weight is 169 g/mol. The maximum absolute atomic E-state index is 9.84. The molecule has 0 saturated carbocycles. The van der Waals surface area contributed by atoms with Crippen LogP contribution >= 0.6 is 0 Å². The standard InChI is InChI=1S/C4H6O2.H2O.Zn/c1-3-4(5)6-2;;/h3H,1H2,2H3;1H2;. The molecule has 4 heteroatoms. The maximum atomic E-state index is 9.84. The van der Waals surface area contributed by atoms with Crippen LogP contribution in [-0.4, -0.2) is 18.6 Å². The van der Waals surface area contributed by atoms with Gasteiger partial charge >= 0.3 is 5.97 Å². The van der Waals surface area contributed by atoms with E-state index < -0.39 is 5.97 Å². The molecule has 0 saturated heterocycles. The molecule has 0 unspecified atom stereocenters. The second-order valence-corrected chi connectivity index (χ2v) is 0.727. The Labute approximate surface area is 60.8 Å². The van der Waals surface area contributed by atoms with Crippen LogP contribution < -0.4 is 0 Å². The van der Waals surface area contributed by atoms with Crippen LogP contribution in [0.3, 0.4) is 0 Å². The summed E-state index contributed by atoms with van der Waals surface area (Å²) < 4.78 is 4.14. The summed E-state index contributed by atoms with van der Waals surface area (Å²) in [5, 5.41) is 0. The van der Waals surface area contributed by atoms with Crippen molar-refractivity contribution in [3.63, 3.8) is 0 Å². The van der Waals surface area contributed by atoms with E-state index in [1.165, 1.54) is 7.11 Å². The van der Waals surface area contributed by atoms with Crippen LogP contribution in [0, 0.1) is 0 Å². The molecule has 0 amide bonds. The summed E-state index contributed by atoms with van der Waals surface area (Å²) in [5.41, 5.74) is 0. The number of carbonyl (C=O) groups excluding carboxylic acids is 1. The monoisotopic (exact) mass is 168 g/mol. The van der Waals surface area contributed by atoms with Crippen LogP contribution in [0.25, 0.3) is 0 Å². The minimum atomic E-state index is -0.394. The first-order chi connectivity index (χ1) is 2.81. The fourth-order valence-electron chi connectivity index (χ4n) is 0.0833. The van der Waals surface area contributed by atoms with Crippen LogP contribution in [0.5, 0.6) is 0 Å². The number of esters is 1. The molecule has 0 bridgehead atoms. The number of ether oxygens (including phenoxy) is 1. The molecule has 0 aliphatic heterocycles. The number of methoxy groups -OCH3 is 1. The van der Waals surface area contributed by atoms with Crippen molar-refractivity contribution >= 4 is 5.97 Å². The first kappa shape index (κ1) is 15.7. The second kappa shape index (κ2) is 9.92. The van der Waals surface area contributed by atoms with Crippen molar-refractivity contribution in [2.45, 2.75) is 0 Å². The Morgan fingerprint density at radius 1 is 1.75 bits per heavy atom. The van der Waals surface area contributed by atoms with Crippen molar-refractivity contribution in [2.75, 3.05) is 7.11 Å². The van der Waals surface area contributed by atoms with Crippen LogP contribution in [0.15, 0.2) is 12.7 Å². The number of hydrogen-bond donors (Lipinski definition) is 0. The summed E-state index contributed by atoms with van der Waals surface area (Å²) in [6.07, 6.45) is 1.11. The predicted molar refractivity (Wildman–Crippen MR) is 25.8 cm³/mol. The van der Waals surface area contributed by atoms with Gasteiger partial charge in [-0.25, -0.2) is 4.79 Å². The van der Waals surface area contributed by atoms with Crippen LogP contribution in [0.1, 0.15) is 0 Å². The SMILES string of the molecule is C=CC(=O)OC.O.[Zn]. The average Bonchev–Trinajstić information content (AvgIpc) is 1.65. The molecule has 0 aliphatic rings. The quantitative estimate of drug-likeness (QED) is 0.302. The van der Waals surface area contributed by atoms with Crippen molar-refractivity contribution in [3.8, 4) is 0 Å². The van der Waals surface area contributed by atoms with Gasteiger partial charge in [0.1, 0.15) is 0 Å². The van der Waals surface area contributed by atoms with Gasteiger partial charge in [-0.15, -0.1) is 0 Å². The van der Waals surface area contributed by atoms with Crippen molar-refractivity contribution in [1.82, 2.24) is 0 Å². The first-order valence-electron chi connectivity index (χ1n) is 1.51. The van der Waals surface area contributed by atoms with Gasteiger partial charge in [0.2, 0.25) is 0 Å². The van der Waals surface area contributed by atoms with E-state index in [1.54, 1.807) is 0 Å². The van der Waals surface area contributed by atoms with Crippen molar-refractivity contribution < 1.29 is 34.5 Å². The fourth-order valence-corrected chi connectivity index (χ4v) is 0.0833. The molecule has 0 aromatic rings. The molecule has 2 N–H and O–H groups in total. The van der Waals surface area contributed by atoms with Gasteiger partial charge in [0, 0.05) is 25.6 Å². The zero-order valence-electron chi connectivity index (χ0n) is 4.81. The minimum Gasteiger partial charge on any atom is -0.466 e. The van der Waals surface area contributed by atoms with Crippen LogP contribution in [0.4, 0.5) is 0 Å². The summed E-state index contributed by atoms with van der Waals surface area (Å²) in [6, 6.07) is 0. The van der Waals surface area contributed by atoms with Crippen molar-refractivity contribution in [3.05, 3.63) is 12.7 Å². The molecular formula is C4H8O3Zn. The van der Waals surface area contributed by atoms with E-state index in [9.17, 15) is 4.79 Å². The van der Waals surface area contributed by atoms with E-state index >= 15 is 0 Å². The number of carbonyl (C=O) groups is 1. The van der Waals surface area contributed by atoms with E-state index in [1.807, 2.05) is 0 Å². The molecule has 44 valence electrons. The Balaban J connectivity index is -0.000000125. The normalized spacial score (nSPS) is 5.12. The molecule has 0 fully saturated rings. The zero-order valence-corrected chi connectivity index (χ0v) is 7.78. The molecule has 3 nitrogen and oxygen atoms in total. The molecular weight excluding hydrogens is 161 g/mol. The molecule has 0 spiro atoms. The third kappa shape index (κ3) is 9.25. The Kier molecular flexibility index (Phi) is 19.4. The maximum Gasteiger partial charge on any atom is 0.329 e. The third-order valence-electron chi connectivity index (χ3n) is 0.368. The number of rotatable bonds is 1. The second-order valence-electron chi connectivity index (χ2n) is 0.727. The van der Waals surface area contributed by atoms with Gasteiger partial charge in [0.05, 0.1) is 7.11 Å². The molecule has 0 aliphatic carbocycles. The summed E-state index contributed by atoms with van der Waals surface area (Å²) in [6.45, 7) is 3.16.